The van der Waals surface area contributed by atoms with E-state index in [2.05, 4.69) is 0 Å². The predicted molar refractivity (Wildman–Crippen MR) is 79.8 cm³/mol. The third kappa shape index (κ3) is 2.27. The Balaban J connectivity index is 2.68. The largest absolute Gasteiger partial charge is 0.493 e. The van der Waals surface area contributed by atoms with Crippen molar-refractivity contribution in [3.8, 4) is 22.6 Å². The molecule has 3 nitrogen and oxygen atoms in total. The summed E-state index contributed by atoms with van der Waals surface area (Å²) in [5, 5.41) is 0. The average molecular weight is 270 g/mol. The second-order valence-corrected chi connectivity index (χ2v) is 4.61. The maximum atomic E-state index is 11.1. The summed E-state index contributed by atoms with van der Waals surface area (Å²) in [5.74, 6) is 1.43. The molecule has 0 fully saturated rings. The van der Waals surface area contributed by atoms with Gasteiger partial charge in [0.05, 0.1) is 14.2 Å². The van der Waals surface area contributed by atoms with E-state index < -0.39 is 0 Å². The van der Waals surface area contributed by atoms with Crippen LogP contribution in [0.3, 0.4) is 0 Å². The molecular weight excluding hydrogens is 252 g/mol. The van der Waals surface area contributed by atoms with Gasteiger partial charge in [-0.15, -0.1) is 0 Å². The second-order valence-electron chi connectivity index (χ2n) is 4.61. The minimum atomic E-state index is 0.705. The number of hydrogen-bond donors (Lipinski definition) is 0. The monoisotopic (exact) mass is 270 g/mol. The minimum absolute atomic E-state index is 0.705. The summed E-state index contributed by atoms with van der Waals surface area (Å²) in [7, 11) is 3.25. The molecule has 2 aromatic rings. The topological polar surface area (TPSA) is 35.5 Å². The molecule has 0 spiro atoms. The van der Waals surface area contributed by atoms with Crippen molar-refractivity contribution in [2.75, 3.05) is 14.2 Å². The number of carbonyl (C=O) groups excluding carboxylic acids is 1. The lowest BCUT2D eigenvalue weighted by atomic mass is 9.93. The van der Waals surface area contributed by atoms with Crippen LogP contribution in [0.5, 0.6) is 11.5 Å². The Morgan fingerprint density at radius 3 is 2.20 bits per heavy atom. The fourth-order valence-electron chi connectivity index (χ4n) is 2.45. The number of benzene rings is 2. The Morgan fingerprint density at radius 2 is 1.60 bits per heavy atom. The van der Waals surface area contributed by atoms with E-state index in [1.54, 1.807) is 14.2 Å². The first-order chi connectivity index (χ1) is 9.63. The van der Waals surface area contributed by atoms with Crippen LogP contribution in [0.4, 0.5) is 0 Å². The maximum Gasteiger partial charge on any atom is 0.164 e. The standard InChI is InChI=1S/C17H18O3/c1-11-13(10-18)6-5-7-14(11)15-8-9-16(19-3)17(20-4)12(15)2/h5-10H,1-4H3. The van der Waals surface area contributed by atoms with Crippen LogP contribution < -0.4 is 9.47 Å². The zero-order chi connectivity index (χ0) is 14.7. The van der Waals surface area contributed by atoms with Gasteiger partial charge in [-0.3, -0.25) is 4.79 Å². The first-order valence-electron chi connectivity index (χ1n) is 6.40. The summed E-state index contributed by atoms with van der Waals surface area (Å²) in [4.78, 5) is 11.1. The van der Waals surface area contributed by atoms with E-state index in [1.165, 1.54) is 0 Å². The molecule has 0 aliphatic carbocycles. The van der Waals surface area contributed by atoms with Gasteiger partial charge in [0.2, 0.25) is 0 Å². The molecule has 0 aliphatic rings. The van der Waals surface area contributed by atoms with E-state index in [0.717, 1.165) is 34.3 Å². The molecule has 2 aromatic carbocycles. The van der Waals surface area contributed by atoms with E-state index in [0.29, 0.717) is 11.3 Å². The number of hydrogen-bond acceptors (Lipinski definition) is 3. The lowest BCUT2D eigenvalue weighted by molar-refractivity contribution is 0.112. The smallest absolute Gasteiger partial charge is 0.164 e. The Morgan fingerprint density at radius 1 is 0.900 bits per heavy atom. The maximum absolute atomic E-state index is 11.1. The molecule has 0 radical (unpaired) electrons. The van der Waals surface area contributed by atoms with Crippen molar-refractivity contribution in [1.29, 1.82) is 0 Å². The molecule has 0 aromatic heterocycles. The molecule has 0 aliphatic heterocycles. The van der Waals surface area contributed by atoms with Gasteiger partial charge >= 0.3 is 0 Å². The minimum Gasteiger partial charge on any atom is -0.493 e. The van der Waals surface area contributed by atoms with Crippen molar-refractivity contribution in [2.24, 2.45) is 0 Å². The Kier molecular flexibility index (Phi) is 4.08. The van der Waals surface area contributed by atoms with Gasteiger partial charge in [0.15, 0.2) is 11.5 Å². The third-order valence-electron chi connectivity index (χ3n) is 3.59. The summed E-state index contributed by atoms with van der Waals surface area (Å²) in [6, 6.07) is 9.60. The summed E-state index contributed by atoms with van der Waals surface area (Å²) < 4.78 is 10.7. The molecular formula is C17H18O3. The molecule has 0 saturated heterocycles. The van der Waals surface area contributed by atoms with Crippen LogP contribution in [0, 0.1) is 13.8 Å². The molecule has 20 heavy (non-hydrogen) atoms. The van der Waals surface area contributed by atoms with Crippen molar-refractivity contribution in [3.63, 3.8) is 0 Å². The molecule has 3 heteroatoms. The van der Waals surface area contributed by atoms with Crippen molar-refractivity contribution < 1.29 is 14.3 Å². The SMILES string of the molecule is COc1ccc(-c2cccc(C=O)c2C)c(C)c1OC. The van der Waals surface area contributed by atoms with Gasteiger partial charge in [-0.05, 0) is 36.6 Å². The fourth-order valence-corrected chi connectivity index (χ4v) is 2.45. The fraction of sp³-hybridized carbons (Fsp3) is 0.235. The molecule has 104 valence electrons. The summed E-state index contributed by atoms with van der Waals surface area (Å²) in [6.45, 7) is 3.94. The molecule has 0 heterocycles. The highest BCUT2D eigenvalue weighted by atomic mass is 16.5. The van der Waals surface area contributed by atoms with Gasteiger partial charge < -0.3 is 9.47 Å². The van der Waals surface area contributed by atoms with E-state index >= 15 is 0 Å². The van der Waals surface area contributed by atoms with Crippen LogP contribution in [0.15, 0.2) is 30.3 Å². The molecule has 0 amide bonds. The van der Waals surface area contributed by atoms with Gasteiger partial charge in [-0.2, -0.15) is 0 Å². The number of ether oxygens (including phenoxy) is 2. The van der Waals surface area contributed by atoms with Crippen LogP contribution >= 0.6 is 0 Å². The zero-order valence-electron chi connectivity index (χ0n) is 12.2. The van der Waals surface area contributed by atoms with Crippen LogP contribution in [0.2, 0.25) is 0 Å². The van der Waals surface area contributed by atoms with Gasteiger partial charge in [0.25, 0.3) is 0 Å². The molecule has 0 saturated carbocycles. The van der Waals surface area contributed by atoms with E-state index in [4.69, 9.17) is 9.47 Å². The first-order valence-corrected chi connectivity index (χ1v) is 6.40. The average Bonchev–Trinajstić information content (AvgIpc) is 2.47. The molecule has 2 rings (SSSR count). The molecule has 0 bridgehead atoms. The number of carbonyl (C=O) groups is 1. The lowest BCUT2D eigenvalue weighted by Gasteiger charge is -2.16. The number of rotatable bonds is 4. The Bertz CT molecular complexity index is 645. The van der Waals surface area contributed by atoms with Crippen molar-refractivity contribution in [3.05, 3.63) is 47.0 Å². The van der Waals surface area contributed by atoms with Crippen LogP contribution in [0.1, 0.15) is 21.5 Å². The van der Waals surface area contributed by atoms with E-state index in [1.807, 2.05) is 44.2 Å². The highest BCUT2D eigenvalue weighted by molar-refractivity contribution is 5.84. The van der Waals surface area contributed by atoms with Crippen molar-refractivity contribution >= 4 is 6.29 Å². The lowest BCUT2D eigenvalue weighted by Crippen LogP contribution is -1.97. The Hall–Kier alpha value is -2.29. The predicted octanol–water partition coefficient (Wildman–Crippen LogP) is 3.80. The van der Waals surface area contributed by atoms with E-state index in [9.17, 15) is 4.79 Å². The van der Waals surface area contributed by atoms with Gasteiger partial charge in [0.1, 0.15) is 6.29 Å². The van der Waals surface area contributed by atoms with Crippen LogP contribution in [0.25, 0.3) is 11.1 Å². The van der Waals surface area contributed by atoms with Gasteiger partial charge in [-0.25, -0.2) is 0 Å². The molecule has 0 unspecified atom stereocenters. The normalized spacial score (nSPS) is 10.2. The number of aldehydes is 1. The first kappa shape index (κ1) is 14.1. The quantitative estimate of drug-likeness (QED) is 0.793. The zero-order valence-corrected chi connectivity index (χ0v) is 12.2. The number of methoxy groups -OCH3 is 2. The van der Waals surface area contributed by atoms with Crippen LogP contribution in [-0.4, -0.2) is 20.5 Å². The summed E-state index contributed by atoms with van der Waals surface area (Å²) >= 11 is 0. The summed E-state index contributed by atoms with van der Waals surface area (Å²) in [5.41, 5.74) is 4.75. The summed E-state index contributed by atoms with van der Waals surface area (Å²) in [6.07, 6.45) is 0.884. The highest BCUT2D eigenvalue weighted by Crippen LogP contribution is 2.38. The van der Waals surface area contributed by atoms with Gasteiger partial charge in [-0.1, -0.05) is 24.3 Å². The van der Waals surface area contributed by atoms with E-state index in [-0.39, 0.29) is 0 Å². The van der Waals surface area contributed by atoms with Crippen molar-refractivity contribution in [1.82, 2.24) is 0 Å². The van der Waals surface area contributed by atoms with Crippen LogP contribution in [-0.2, 0) is 0 Å². The second kappa shape index (κ2) is 5.78. The van der Waals surface area contributed by atoms with Gasteiger partial charge in [0, 0.05) is 11.1 Å². The molecule has 0 N–H and O–H groups in total. The van der Waals surface area contributed by atoms with Crippen molar-refractivity contribution in [2.45, 2.75) is 13.8 Å². The highest BCUT2D eigenvalue weighted by Gasteiger charge is 2.14. The third-order valence-corrected chi connectivity index (χ3v) is 3.59. The molecule has 0 atom stereocenters. The Labute approximate surface area is 119 Å².